The number of ether oxygens (including phenoxy) is 2. The fraction of sp³-hybridized carbons (Fsp3) is 0.389. The van der Waals surface area contributed by atoms with Crippen molar-refractivity contribution in [1.29, 1.82) is 0 Å². The molecule has 0 spiro atoms. The van der Waals surface area contributed by atoms with Gasteiger partial charge in [-0.1, -0.05) is 18.2 Å². The van der Waals surface area contributed by atoms with E-state index in [1.807, 2.05) is 37.3 Å². The van der Waals surface area contributed by atoms with Crippen LogP contribution in [0.4, 0.5) is 32.0 Å². The molecule has 0 fully saturated rings. The van der Waals surface area contributed by atoms with Crippen LogP contribution in [0.25, 0.3) is 33.4 Å². The van der Waals surface area contributed by atoms with Gasteiger partial charge in [0.25, 0.3) is 5.91 Å². The summed E-state index contributed by atoms with van der Waals surface area (Å²) in [5.41, 5.74) is 11.3. The highest BCUT2D eigenvalue weighted by Gasteiger charge is 2.29. The molecule has 4 rings (SSSR count). The number of carboxylic acids is 2. The van der Waals surface area contributed by atoms with Gasteiger partial charge in [-0.05, 0) is 57.0 Å². The van der Waals surface area contributed by atoms with Crippen molar-refractivity contribution in [2.24, 2.45) is 4.99 Å². The minimum absolute atomic E-state index is 0.142. The monoisotopic (exact) mass is 772 g/mol. The van der Waals surface area contributed by atoms with E-state index in [1.165, 1.54) is 0 Å². The van der Waals surface area contributed by atoms with E-state index in [4.69, 9.17) is 33.7 Å². The fourth-order valence-corrected chi connectivity index (χ4v) is 4.93. The molecular weight excluding hydrogens is 730 g/mol. The summed E-state index contributed by atoms with van der Waals surface area (Å²) in [7, 11) is 0. The zero-order chi connectivity index (χ0) is 40.6. The number of carbonyl (C=O) groups is 3. The summed E-state index contributed by atoms with van der Waals surface area (Å²) in [6.07, 6.45) is -10.4. The van der Waals surface area contributed by atoms with Crippen LogP contribution in [-0.2, 0) is 19.1 Å². The molecule has 1 amide bonds. The predicted octanol–water partition coefficient (Wildman–Crippen LogP) is 1.56. The summed E-state index contributed by atoms with van der Waals surface area (Å²) in [6, 6.07) is 16.2. The summed E-state index contributed by atoms with van der Waals surface area (Å²) in [5, 5.41) is 24.7. The number of carbonyl (C=O) groups excluding carboxylic acids is 3. The average molecular weight is 773 g/mol. The van der Waals surface area contributed by atoms with Gasteiger partial charge in [-0.15, -0.1) is 0 Å². The van der Waals surface area contributed by atoms with E-state index in [0.29, 0.717) is 45.1 Å². The van der Waals surface area contributed by atoms with E-state index >= 15 is 0 Å². The summed E-state index contributed by atoms with van der Waals surface area (Å²) < 4.78 is 80.6. The molecule has 296 valence electrons. The largest absolute Gasteiger partial charge is 0.542 e. The lowest BCUT2D eigenvalue weighted by atomic mass is 9.89. The van der Waals surface area contributed by atoms with Gasteiger partial charge in [-0.25, -0.2) is 0 Å². The number of halogens is 6. The molecule has 1 aliphatic heterocycles. The average Bonchev–Trinajstić information content (AvgIpc) is 3.09. The lowest BCUT2D eigenvalue weighted by molar-refractivity contribution is -0.568. The molecule has 1 heterocycles. The standard InChI is InChI=1S/C32H40N4O4.2C2HF3O2/c1-5-34-27-19-29-25(17-21(27)3)31(26-18-22(4)28(35-6-2)20-30(26)40-29)23-9-7-8-10-24(23)32(37)36-12-14-39-16-15-38-13-11-33;2*3-2(4,5)1(6)7/h7-10,17-20,34H,5-6,11-16,33H2,1-4H3,(H,36,37);2*(H,6,7). The molecule has 0 aromatic heterocycles. The first kappa shape index (κ1) is 45.1. The lowest BCUT2D eigenvalue weighted by Crippen LogP contribution is -2.77. The molecule has 0 saturated carbocycles. The Bertz CT molecular complexity index is 1890. The van der Waals surface area contributed by atoms with Gasteiger partial charge >= 0.3 is 12.4 Å². The zero-order valence-corrected chi connectivity index (χ0v) is 30.0. The molecule has 0 radical (unpaired) electrons. The molecule has 0 unspecified atom stereocenters. The molecular formula is C36H42F6N4O8. The second-order valence-corrected chi connectivity index (χ2v) is 11.4. The minimum Gasteiger partial charge on any atom is -0.542 e. The zero-order valence-electron chi connectivity index (χ0n) is 30.0. The van der Waals surface area contributed by atoms with Crippen LogP contribution < -0.4 is 31.9 Å². The van der Waals surface area contributed by atoms with Crippen molar-refractivity contribution < 1.29 is 75.9 Å². The molecule has 12 nitrogen and oxygen atoms in total. The number of nitrogens with two attached hydrogens (primary N) is 1. The Balaban J connectivity index is 0.000000610. The maximum absolute atomic E-state index is 13.5. The van der Waals surface area contributed by atoms with Gasteiger partial charge in [-0.3, -0.25) is 9.79 Å². The van der Waals surface area contributed by atoms with E-state index in [-0.39, 0.29) is 5.91 Å². The van der Waals surface area contributed by atoms with E-state index < -0.39 is 24.3 Å². The first-order valence-electron chi connectivity index (χ1n) is 16.6. The van der Waals surface area contributed by atoms with Crippen molar-refractivity contribution in [3.63, 3.8) is 0 Å². The summed E-state index contributed by atoms with van der Waals surface area (Å²) in [5.74, 6) is -5.41. The van der Waals surface area contributed by atoms with Crippen LogP contribution in [0, 0.1) is 13.8 Å². The molecule has 1 aliphatic carbocycles. The highest BCUT2D eigenvalue weighted by atomic mass is 19.4. The summed E-state index contributed by atoms with van der Waals surface area (Å²) in [4.78, 5) is 35.7. The van der Waals surface area contributed by atoms with Crippen LogP contribution in [-0.4, -0.2) is 82.8 Å². The van der Waals surface area contributed by atoms with Gasteiger partial charge in [0.1, 0.15) is 29.0 Å². The van der Waals surface area contributed by atoms with Crippen LogP contribution in [0.5, 0.6) is 0 Å². The highest BCUT2D eigenvalue weighted by Crippen LogP contribution is 2.42. The Labute approximate surface area is 306 Å². The van der Waals surface area contributed by atoms with E-state index in [0.717, 1.165) is 68.7 Å². The van der Waals surface area contributed by atoms with Gasteiger partial charge in [0, 0.05) is 52.9 Å². The predicted molar refractivity (Wildman–Crippen MR) is 180 cm³/mol. The molecule has 0 saturated heterocycles. The number of hydrogen-bond acceptors (Lipinski definition) is 9. The van der Waals surface area contributed by atoms with E-state index in [2.05, 4.69) is 60.3 Å². The third-order valence-electron chi connectivity index (χ3n) is 7.27. The van der Waals surface area contributed by atoms with Crippen LogP contribution in [0.2, 0.25) is 0 Å². The second-order valence-electron chi connectivity index (χ2n) is 11.4. The lowest BCUT2D eigenvalue weighted by Gasteiger charge is -2.19. The molecule has 2 aromatic carbocycles. The molecule has 0 bridgehead atoms. The Morgan fingerprint density at radius 2 is 1.44 bits per heavy atom. The van der Waals surface area contributed by atoms with E-state index in [1.54, 1.807) is 0 Å². The normalized spacial score (nSPS) is 11.8. The maximum atomic E-state index is 13.5. The van der Waals surface area contributed by atoms with E-state index in [9.17, 15) is 31.1 Å². The number of benzene rings is 3. The van der Waals surface area contributed by atoms with Crippen molar-refractivity contribution in [2.75, 3.05) is 52.6 Å². The summed E-state index contributed by atoms with van der Waals surface area (Å²) in [6.45, 7) is 13.2. The highest BCUT2D eigenvalue weighted by molar-refractivity contribution is 6.09. The molecule has 2 aliphatic rings. The number of nitrogens with zero attached hydrogens (tertiary/aromatic N) is 1. The number of aliphatic carboxylic acids is 2. The van der Waals surface area contributed by atoms with Crippen LogP contribution >= 0.6 is 0 Å². The SMILES string of the molecule is CCN=c1cc2oc3cc([NH2+]CC)c(C)cc3c(-c3ccccc3C(=O)NCCOCCOCC[NH3+])c-2cc1C.O=C([O-])C(F)(F)F.O=C([O-])C(F)(F)F. The van der Waals surface area contributed by atoms with Gasteiger partial charge in [0.05, 0.1) is 44.9 Å². The number of aryl methyl sites for hydroxylation is 2. The van der Waals surface area contributed by atoms with Crippen molar-refractivity contribution in [1.82, 2.24) is 5.32 Å². The van der Waals surface area contributed by atoms with Gasteiger partial charge in [0.2, 0.25) is 0 Å². The second kappa shape index (κ2) is 21.0. The molecule has 6 N–H and O–H groups in total. The maximum Gasteiger partial charge on any atom is 0.430 e. The number of alkyl halides is 6. The number of carboxylic acid groups (broad SMARTS) is 2. The van der Waals surface area contributed by atoms with Gasteiger partial charge < -0.3 is 50.1 Å². The number of fused-ring (bicyclic) bond motifs is 2. The molecule has 54 heavy (non-hydrogen) atoms. The number of nitrogens with one attached hydrogen (secondary N) is 1. The minimum atomic E-state index is -5.19. The number of quaternary nitrogens is 2. The number of hydrogen-bond donors (Lipinski definition) is 3. The topological polar surface area (TPSA) is 198 Å². The number of rotatable bonds is 13. The van der Waals surface area contributed by atoms with Crippen molar-refractivity contribution in [2.45, 2.75) is 40.0 Å². The number of amides is 1. The quantitative estimate of drug-likeness (QED) is 0.0788. The van der Waals surface area contributed by atoms with Crippen molar-refractivity contribution in [3.05, 3.63) is 70.6 Å². The molecule has 18 heteroatoms. The van der Waals surface area contributed by atoms with Crippen LogP contribution in [0.15, 0.2) is 57.9 Å². The fourth-order valence-electron chi connectivity index (χ4n) is 4.93. The molecule has 2 aromatic rings. The summed E-state index contributed by atoms with van der Waals surface area (Å²) >= 11 is 0. The first-order valence-corrected chi connectivity index (χ1v) is 16.6. The smallest absolute Gasteiger partial charge is 0.430 e. The third kappa shape index (κ3) is 13.4. The van der Waals surface area contributed by atoms with Gasteiger partial charge in [-0.2, -0.15) is 26.3 Å². The van der Waals surface area contributed by atoms with Crippen molar-refractivity contribution in [3.8, 4) is 22.5 Å². The Hall–Kier alpha value is -5.04. The Morgan fingerprint density at radius 3 is 2.00 bits per heavy atom. The third-order valence-corrected chi connectivity index (χ3v) is 7.27. The van der Waals surface area contributed by atoms with Crippen molar-refractivity contribution >= 4 is 34.5 Å². The van der Waals surface area contributed by atoms with Crippen LogP contribution in [0.1, 0.15) is 35.3 Å². The Morgan fingerprint density at radius 1 is 0.852 bits per heavy atom. The Kier molecular flexibility index (Phi) is 17.5. The van der Waals surface area contributed by atoms with Gasteiger partial charge in [0.15, 0.2) is 0 Å². The first-order chi connectivity index (χ1) is 25.4. The van der Waals surface area contributed by atoms with Crippen LogP contribution in [0.3, 0.4) is 0 Å². The molecule has 0 atom stereocenters.